The van der Waals surface area contributed by atoms with Crippen LogP contribution in [-0.2, 0) is 0 Å². The highest BCUT2D eigenvalue weighted by atomic mass is 16.5. The van der Waals surface area contributed by atoms with Crippen LogP contribution in [0.5, 0.6) is 5.75 Å². The Hall–Kier alpha value is -2.14. The zero-order chi connectivity index (χ0) is 12.0. The van der Waals surface area contributed by atoms with Crippen LogP contribution in [0, 0.1) is 0 Å². The van der Waals surface area contributed by atoms with E-state index in [0.717, 1.165) is 0 Å². The number of phenols is 1. The summed E-state index contributed by atoms with van der Waals surface area (Å²) in [6.07, 6.45) is 1.42. The number of benzene rings is 1. The van der Waals surface area contributed by atoms with Crippen LogP contribution < -0.4 is 5.48 Å². The van der Waals surface area contributed by atoms with Gasteiger partial charge >= 0.3 is 0 Å². The highest BCUT2D eigenvalue weighted by Gasteiger charge is 1.96. The molecule has 1 aromatic carbocycles. The molecule has 0 aliphatic rings. The summed E-state index contributed by atoms with van der Waals surface area (Å²) in [5.74, 6) is 0.137. The van der Waals surface area contributed by atoms with E-state index in [1.54, 1.807) is 31.2 Å². The van der Waals surface area contributed by atoms with E-state index in [0.29, 0.717) is 11.3 Å². The Morgan fingerprint density at radius 2 is 2.12 bits per heavy atom. The lowest BCUT2D eigenvalue weighted by Crippen LogP contribution is -2.12. The predicted molar refractivity (Wildman–Crippen MR) is 62.9 cm³/mol. The van der Waals surface area contributed by atoms with Crippen LogP contribution in [0.4, 0.5) is 0 Å². The smallest absolute Gasteiger partial charge is 0.124 e. The molecular formula is C11H13N3O2. The number of para-hydroxylation sites is 1. The van der Waals surface area contributed by atoms with E-state index in [1.807, 2.05) is 5.48 Å². The Bertz CT molecular complexity index is 439. The van der Waals surface area contributed by atoms with Crippen molar-refractivity contribution >= 4 is 11.9 Å². The third-order valence-electron chi connectivity index (χ3n) is 1.91. The molecule has 0 unspecified atom stereocenters. The Morgan fingerprint density at radius 3 is 2.75 bits per heavy atom. The summed E-state index contributed by atoms with van der Waals surface area (Å²) >= 11 is 0. The van der Waals surface area contributed by atoms with Gasteiger partial charge in [0.2, 0.25) is 0 Å². The summed E-state index contributed by atoms with van der Waals surface area (Å²) in [7, 11) is 0. The lowest BCUT2D eigenvalue weighted by atomic mass is 10.2. The lowest BCUT2D eigenvalue weighted by molar-refractivity contribution is 0.208. The molecule has 0 heterocycles. The number of hydrogen-bond donors (Lipinski definition) is 3. The molecule has 0 spiro atoms. The van der Waals surface area contributed by atoms with Crippen LogP contribution in [0.3, 0.4) is 0 Å². The number of hydroxylamine groups is 1. The van der Waals surface area contributed by atoms with Crippen molar-refractivity contribution < 1.29 is 10.3 Å². The average Bonchev–Trinajstić information content (AvgIpc) is 2.30. The van der Waals surface area contributed by atoms with Gasteiger partial charge in [-0.3, -0.25) is 10.7 Å². The average molecular weight is 219 g/mol. The van der Waals surface area contributed by atoms with Gasteiger partial charge in [-0.2, -0.15) is 10.2 Å². The van der Waals surface area contributed by atoms with Gasteiger partial charge in [-0.05, 0) is 19.1 Å². The molecule has 0 aliphatic heterocycles. The van der Waals surface area contributed by atoms with Crippen LogP contribution in [0.1, 0.15) is 12.5 Å². The number of phenolic OH excluding ortho intramolecular Hbond substituents is 1. The van der Waals surface area contributed by atoms with Crippen molar-refractivity contribution in [3.8, 4) is 5.75 Å². The SMILES string of the molecule is C=C(NO)C(C)=N/N=C/c1ccccc1O. The number of allylic oxidation sites excluding steroid dienone is 1. The van der Waals surface area contributed by atoms with Crippen LogP contribution in [0.15, 0.2) is 46.7 Å². The predicted octanol–water partition coefficient (Wildman–Crippen LogP) is 1.68. The molecule has 0 amide bonds. The first-order valence-corrected chi connectivity index (χ1v) is 4.60. The van der Waals surface area contributed by atoms with Crippen LogP contribution in [-0.4, -0.2) is 22.2 Å². The highest BCUT2D eigenvalue weighted by molar-refractivity contribution is 5.97. The van der Waals surface area contributed by atoms with E-state index in [9.17, 15) is 5.11 Å². The number of aromatic hydroxyl groups is 1. The van der Waals surface area contributed by atoms with Crippen molar-refractivity contribution in [2.75, 3.05) is 0 Å². The monoisotopic (exact) mass is 219 g/mol. The second-order valence-electron chi connectivity index (χ2n) is 3.08. The number of hydrogen-bond acceptors (Lipinski definition) is 5. The number of nitrogens with one attached hydrogen (secondary N) is 1. The number of nitrogens with zero attached hydrogens (tertiary/aromatic N) is 2. The highest BCUT2D eigenvalue weighted by Crippen LogP contribution is 2.12. The third-order valence-corrected chi connectivity index (χ3v) is 1.91. The van der Waals surface area contributed by atoms with Gasteiger partial charge in [-0.25, -0.2) is 0 Å². The van der Waals surface area contributed by atoms with E-state index in [2.05, 4.69) is 16.8 Å². The summed E-state index contributed by atoms with van der Waals surface area (Å²) in [4.78, 5) is 0. The summed E-state index contributed by atoms with van der Waals surface area (Å²) in [5.41, 5.74) is 3.17. The van der Waals surface area contributed by atoms with E-state index in [-0.39, 0.29) is 11.4 Å². The van der Waals surface area contributed by atoms with Gasteiger partial charge in [0, 0.05) is 5.56 Å². The second-order valence-corrected chi connectivity index (χ2v) is 3.08. The molecule has 5 heteroatoms. The summed E-state index contributed by atoms with van der Waals surface area (Å²) in [5, 5.41) is 25.5. The molecule has 0 fully saturated rings. The van der Waals surface area contributed by atoms with Crippen molar-refractivity contribution in [1.29, 1.82) is 0 Å². The van der Waals surface area contributed by atoms with Gasteiger partial charge in [0.1, 0.15) is 5.75 Å². The summed E-state index contributed by atoms with van der Waals surface area (Å²) < 4.78 is 0. The van der Waals surface area contributed by atoms with E-state index >= 15 is 0 Å². The van der Waals surface area contributed by atoms with Gasteiger partial charge in [0.25, 0.3) is 0 Å². The molecular weight excluding hydrogens is 206 g/mol. The van der Waals surface area contributed by atoms with E-state index in [4.69, 9.17) is 5.21 Å². The normalized spacial score (nSPS) is 11.8. The lowest BCUT2D eigenvalue weighted by Gasteiger charge is -1.99. The fraction of sp³-hybridized carbons (Fsp3) is 0.0909. The molecule has 0 bridgehead atoms. The third kappa shape index (κ3) is 3.21. The molecule has 1 rings (SSSR count). The molecule has 5 nitrogen and oxygen atoms in total. The maximum absolute atomic E-state index is 9.42. The van der Waals surface area contributed by atoms with Crippen LogP contribution in [0.25, 0.3) is 0 Å². The molecule has 0 saturated heterocycles. The molecule has 16 heavy (non-hydrogen) atoms. The fourth-order valence-electron chi connectivity index (χ4n) is 0.916. The standard InChI is InChI=1S/C11H13N3O2/c1-8(9(2)14-16)13-12-7-10-5-3-4-6-11(10)15/h3-7,14-16H,2H2,1H3/b12-7+,13-8?. The summed E-state index contributed by atoms with van der Waals surface area (Å²) in [6, 6.07) is 6.78. The van der Waals surface area contributed by atoms with Crippen molar-refractivity contribution in [2.24, 2.45) is 10.2 Å². The van der Waals surface area contributed by atoms with Crippen LogP contribution in [0.2, 0.25) is 0 Å². The molecule has 0 aromatic heterocycles. The minimum Gasteiger partial charge on any atom is -0.507 e. The largest absolute Gasteiger partial charge is 0.507 e. The van der Waals surface area contributed by atoms with Gasteiger partial charge in [0.05, 0.1) is 17.6 Å². The molecule has 84 valence electrons. The van der Waals surface area contributed by atoms with Crippen LogP contribution >= 0.6 is 0 Å². The zero-order valence-electron chi connectivity index (χ0n) is 8.88. The van der Waals surface area contributed by atoms with Gasteiger partial charge in [0.15, 0.2) is 0 Å². The van der Waals surface area contributed by atoms with Crippen molar-refractivity contribution in [1.82, 2.24) is 5.48 Å². The molecule has 1 aromatic rings. The second kappa shape index (κ2) is 5.67. The van der Waals surface area contributed by atoms with E-state index in [1.165, 1.54) is 6.21 Å². The fourth-order valence-corrected chi connectivity index (χ4v) is 0.916. The molecule has 0 saturated carbocycles. The first-order valence-electron chi connectivity index (χ1n) is 4.60. The first kappa shape index (κ1) is 11.9. The Kier molecular flexibility index (Phi) is 4.23. The maximum atomic E-state index is 9.42. The zero-order valence-corrected chi connectivity index (χ0v) is 8.88. The Morgan fingerprint density at radius 1 is 1.44 bits per heavy atom. The topological polar surface area (TPSA) is 77.2 Å². The van der Waals surface area contributed by atoms with Crippen molar-refractivity contribution in [3.63, 3.8) is 0 Å². The van der Waals surface area contributed by atoms with Crippen molar-refractivity contribution in [2.45, 2.75) is 6.92 Å². The molecule has 0 aliphatic carbocycles. The first-order chi connectivity index (χ1) is 7.65. The molecule has 0 radical (unpaired) electrons. The Balaban J connectivity index is 2.76. The van der Waals surface area contributed by atoms with E-state index < -0.39 is 0 Å². The number of rotatable bonds is 4. The molecule has 3 N–H and O–H groups in total. The quantitative estimate of drug-likeness (QED) is 0.532. The van der Waals surface area contributed by atoms with Gasteiger partial charge in [-0.1, -0.05) is 18.7 Å². The summed E-state index contributed by atoms with van der Waals surface area (Å²) in [6.45, 7) is 5.15. The van der Waals surface area contributed by atoms with Gasteiger partial charge < -0.3 is 5.11 Å². The maximum Gasteiger partial charge on any atom is 0.124 e. The Labute approximate surface area is 93.4 Å². The molecule has 0 atom stereocenters. The minimum absolute atomic E-state index is 0.137. The van der Waals surface area contributed by atoms with Gasteiger partial charge in [-0.15, -0.1) is 0 Å². The minimum atomic E-state index is 0.137. The van der Waals surface area contributed by atoms with Crippen molar-refractivity contribution in [3.05, 3.63) is 42.1 Å².